The largest absolute Gasteiger partial charge is 0.464 e. The summed E-state index contributed by atoms with van der Waals surface area (Å²) in [4.78, 5) is 11.5. The summed E-state index contributed by atoms with van der Waals surface area (Å²) < 4.78 is 7.52. The average molecular weight is 294 g/mol. The number of aryl methyl sites for hydroxylation is 1. The van der Waals surface area contributed by atoms with E-state index in [1.807, 2.05) is 43.6 Å². The molecule has 0 aliphatic rings. The second-order valence-corrected chi connectivity index (χ2v) is 4.64. The molecule has 3 nitrogen and oxygen atoms in total. The topological polar surface area (TPSA) is 31.2 Å². The molecule has 0 spiro atoms. The van der Waals surface area contributed by atoms with E-state index < -0.39 is 0 Å². The first-order valence-corrected chi connectivity index (χ1v) is 5.91. The first kappa shape index (κ1) is 11.9. The Kier molecular flexibility index (Phi) is 3.33. The van der Waals surface area contributed by atoms with E-state index in [-0.39, 0.29) is 5.97 Å². The van der Waals surface area contributed by atoms with Crippen molar-refractivity contribution in [3.05, 3.63) is 46.7 Å². The molecule has 1 aromatic carbocycles. The van der Waals surface area contributed by atoms with E-state index in [1.165, 1.54) is 7.11 Å². The van der Waals surface area contributed by atoms with Gasteiger partial charge in [0.05, 0.1) is 7.11 Å². The molecular formula is C13H12BrNO2. The number of aromatic nitrogens is 1. The van der Waals surface area contributed by atoms with Gasteiger partial charge in [0.2, 0.25) is 0 Å². The lowest BCUT2D eigenvalue weighted by Gasteiger charge is -1.98. The average Bonchev–Trinajstić information content (AvgIpc) is 2.71. The van der Waals surface area contributed by atoms with Crippen molar-refractivity contribution in [3.8, 4) is 11.1 Å². The lowest BCUT2D eigenvalue weighted by Crippen LogP contribution is -2.06. The van der Waals surface area contributed by atoms with Crippen molar-refractivity contribution in [2.24, 2.45) is 7.05 Å². The van der Waals surface area contributed by atoms with Gasteiger partial charge in [-0.15, -0.1) is 0 Å². The fourth-order valence-electron chi connectivity index (χ4n) is 1.67. The summed E-state index contributed by atoms with van der Waals surface area (Å²) in [6.45, 7) is 0. The summed E-state index contributed by atoms with van der Waals surface area (Å²) in [6, 6.07) is 9.77. The van der Waals surface area contributed by atoms with Crippen molar-refractivity contribution in [3.63, 3.8) is 0 Å². The molecule has 0 fully saturated rings. The van der Waals surface area contributed by atoms with E-state index in [4.69, 9.17) is 4.74 Å². The maximum Gasteiger partial charge on any atom is 0.354 e. The monoisotopic (exact) mass is 293 g/mol. The van der Waals surface area contributed by atoms with Crippen molar-refractivity contribution in [2.75, 3.05) is 7.11 Å². The van der Waals surface area contributed by atoms with Gasteiger partial charge in [0.25, 0.3) is 0 Å². The van der Waals surface area contributed by atoms with E-state index in [0.29, 0.717) is 5.69 Å². The molecule has 0 saturated carbocycles. The number of hydrogen-bond donors (Lipinski definition) is 0. The Labute approximate surface area is 108 Å². The Hall–Kier alpha value is -1.55. The van der Waals surface area contributed by atoms with Crippen LogP contribution >= 0.6 is 15.9 Å². The number of rotatable bonds is 2. The Morgan fingerprint density at radius 3 is 2.47 bits per heavy atom. The predicted octanol–water partition coefficient (Wildman–Crippen LogP) is 3.24. The van der Waals surface area contributed by atoms with Gasteiger partial charge in [0.1, 0.15) is 5.69 Å². The highest BCUT2D eigenvalue weighted by atomic mass is 79.9. The Balaban J connectivity index is 2.41. The summed E-state index contributed by atoms with van der Waals surface area (Å²) in [6.07, 6.45) is 1.91. The number of ether oxygens (including phenoxy) is 1. The van der Waals surface area contributed by atoms with Gasteiger partial charge in [-0.3, -0.25) is 0 Å². The lowest BCUT2D eigenvalue weighted by molar-refractivity contribution is 0.0590. The van der Waals surface area contributed by atoms with Crippen LogP contribution in [0.4, 0.5) is 0 Å². The van der Waals surface area contributed by atoms with Crippen LogP contribution in [0.25, 0.3) is 11.1 Å². The van der Waals surface area contributed by atoms with Crippen LogP contribution in [0, 0.1) is 0 Å². The van der Waals surface area contributed by atoms with Gasteiger partial charge in [-0.25, -0.2) is 4.79 Å². The molecule has 0 N–H and O–H groups in total. The van der Waals surface area contributed by atoms with E-state index >= 15 is 0 Å². The van der Waals surface area contributed by atoms with Gasteiger partial charge in [-0.2, -0.15) is 0 Å². The molecule has 0 amide bonds. The zero-order chi connectivity index (χ0) is 12.4. The third-order valence-corrected chi connectivity index (χ3v) is 3.11. The number of halogens is 1. The third kappa shape index (κ3) is 2.42. The first-order chi connectivity index (χ1) is 8.11. The highest BCUT2D eigenvalue weighted by Crippen LogP contribution is 2.23. The zero-order valence-corrected chi connectivity index (χ0v) is 11.2. The molecule has 1 aromatic heterocycles. The Morgan fingerprint density at radius 1 is 1.24 bits per heavy atom. The van der Waals surface area contributed by atoms with Crippen LogP contribution in [0.15, 0.2) is 41.0 Å². The Bertz CT molecular complexity index is 543. The number of nitrogens with zero attached hydrogens (tertiary/aromatic N) is 1. The van der Waals surface area contributed by atoms with Gasteiger partial charge in [-0.05, 0) is 23.8 Å². The van der Waals surface area contributed by atoms with E-state index in [2.05, 4.69) is 15.9 Å². The van der Waals surface area contributed by atoms with E-state index in [1.54, 1.807) is 4.57 Å². The fraction of sp³-hybridized carbons (Fsp3) is 0.154. The minimum Gasteiger partial charge on any atom is -0.464 e. The second kappa shape index (κ2) is 4.75. The molecule has 2 rings (SSSR count). The normalized spacial score (nSPS) is 10.3. The number of hydrogen-bond acceptors (Lipinski definition) is 2. The van der Waals surface area contributed by atoms with Crippen LogP contribution in [-0.4, -0.2) is 17.6 Å². The molecule has 0 unspecified atom stereocenters. The van der Waals surface area contributed by atoms with Gasteiger partial charge in [-0.1, -0.05) is 28.1 Å². The second-order valence-electron chi connectivity index (χ2n) is 3.72. The van der Waals surface area contributed by atoms with Crippen LogP contribution in [-0.2, 0) is 11.8 Å². The summed E-state index contributed by atoms with van der Waals surface area (Å²) in [5.74, 6) is -0.323. The fourth-order valence-corrected chi connectivity index (χ4v) is 1.94. The highest BCUT2D eigenvalue weighted by molar-refractivity contribution is 9.10. The van der Waals surface area contributed by atoms with Crippen molar-refractivity contribution < 1.29 is 9.53 Å². The molecule has 1 heterocycles. The first-order valence-electron chi connectivity index (χ1n) is 5.12. The SMILES string of the molecule is COC(=O)c1cc(-c2ccc(Br)cc2)cn1C. The summed E-state index contributed by atoms with van der Waals surface area (Å²) >= 11 is 3.39. The number of carbonyl (C=O) groups is 1. The van der Waals surface area contributed by atoms with Crippen LogP contribution < -0.4 is 0 Å². The third-order valence-electron chi connectivity index (χ3n) is 2.58. The minimum atomic E-state index is -0.323. The number of methoxy groups -OCH3 is 1. The van der Waals surface area contributed by atoms with Crippen LogP contribution in [0.1, 0.15) is 10.5 Å². The number of esters is 1. The molecule has 4 heteroatoms. The molecule has 0 atom stereocenters. The summed E-state index contributed by atoms with van der Waals surface area (Å²) in [5.41, 5.74) is 2.62. The maximum absolute atomic E-state index is 11.5. The smallest absolute Gasteiger partial charge is 0.354 e. The molecular weight excluding hydrogens is 282 g/mol. The van der Waals surface area contributed by atoms with E-state index in [9.17, 15) is 4.79 Å². The van der Waals surface area contributed by atoms with Gasteiger partial charge in [0, 0.05) is 23.3 Å². The van der Waals surface area contributed by atoms with Crippen LogP contribution in [0.5, 0.6) is 0 Å². The van der Waals surface area contributed by atoms with Crippen molar-refractivity contribution in [1.29, 1.82) is 0 Å². The molecule has 0 aliphatic heterocycles. The summed E-state index contributed by atoms with van der Waals surface area (Å²) in [7, 11) is 3.21. The molecule has 0 bridgehead atoms. The molecule has 0 aliphatic carbocycles. The zero-order valence-electron chi connectivity index (χ0n) is 9.61. The van der Waals surface area contributed by atoms with Crippen LogP contribution in [0.3, 0.4) is 0 Å². The van der Waals surface area contributed by atoms with Crippen LogP contribution in [0.2, 0.25) is 0 Å². The standard InChI is InChI=1S/C13H12BrNO2/c1-15-8-10(7-12(15)13(16)17-2)9-3-5-11(14)6-4-9/h3-8H,1-2H3. The van der Waals surface area contributed by atoms with Crippen molar-refractivity contribution >= 4 is 21.9 Å². The molecule has 88 valence electrons. The van der Waals surface area contributed by atoms with Gasteiger partial charge >= 0.3 is 5.97 Å². The molecule has 2 aromatic rings. The Morgan fingerprint density at radius 2 is 1.88 bits per heavy atom. The van der Waals surface area contributed by atoms with Crippen molar-refractivity contribution in [2.45, 2.75) is 0 Å². The molecule has 0 saturated heterocycles. The quantitative estimate of drug-likeness (QED) is 0.796. The van der Waals surface area contributed by atoms with Crippen molar-refractivity contribution in [1.82, 2.24) is 4.57 Å². The lowest BCUT2D eigenvalue weighted by atomic mass is 10.1. The number of benzene rings is 1. The molecule has 17 heavy (non-hydrogen) atoms. The molecule has 0 radical (unpaired) electrons. The predicted molar refractivity (Wildman–Crippen MR) is 69.9 cm³/mol. The van der Waals surface area contributed by atoms with E-state index in [0.717, 1.165) is 15.6 Å². The summed E-state index contributed by atoms with van der Waals surface area (Å²) in [5, 5.41) is 0. The highest BCUT2D eigenvalue weighted by Gasteiger charge is 2.12. The maximum atomic E-state index is 11.5. The van der Waals surface area contributed by atoms with Gasteiger partial charge in [0.15, 0.2) is 0 Å². The number of carbonyl (C=O) groups excluding carboxylic acids is 1. The minimum absolute atomic E-state index is 0.323. The van der Waals surface area contributed by atoms with Gasteiger partial charge < -0.3 is 9.30 Å².